The number of hydrogen-bond donors (Lipinski definition) is 1. The maximum absolute atomic E-state index is 13.6. The van der Waals surface area contributed by atoms with Crippen LogP contribution in [0.2, 0.25) is 0 Å². The van der Waals surface area contributed by atoms with Crippen LogP contribution in [-0.2, 0) is 14.3 Å². The van der Waals surface area contributed by atoms with Crippen LogP contribution >= 0.6 is 0 Å². The number of aromatic nitrogens is 5. The molecule has 0 saturated carbocycles. The third kappa shape index (κ3) is 9.80. The molecular weight excluding hydrogens is 536 g/mol. The number of Topliss-reactive ketones (excluding diaryl/α,β-unsaturated/α-hetero) is 1. The van der Waals surface area contributed by atoms with Gasteiger partial charge in [-0.1, -0.05) is 33.6 Å². The van der Waals surface area contributed by atoms with Gasteiger partial charge in [-0.15, -0.1) is 0 Å². The first-order chi connectivity index (χ1) is 19.7. The van der Waals surface area contributed by atoms with Crippen LogP contribution in [0.1, 0.15) is 65.0 Å². The molecule has 2 aliphatic rings. The van der Waals surface area contributed by atoms with Gasteiger partial charge in [0.2, 0.25) is 24.3 Å². The molecule has 0 unspecified atom stereocenters. The number of amides is 1. The van der Waals surface area contributed by atoms with E-state index in [1.165, 1.54) is 19.0 Å². The highest BCUT2D eigenvalue weighted by Gasteiger charge is 2.25. The molecule has 0 aromatic carbocycles. The summed E-state index contributed by atoms with van der Waals surface area (Å²) in [6, 6.07) is 0. The second-order valence-corrected chi connectivity index (χ2v) is 10.4. The Labute approximate surface area is 239 Å². The van der Waals surface area contributed by atoms with Crippen LogP contribution in [0.3, 0.4) is 0 Å². The molecule has 12 nitrogen and oxygen atoms in total. The molecule has 1 amide bonds. The van der Waals surface area contributed by atoms with Crippen molar-refractivity contribution in [1.82, 2.24) is 29.8 Å². The number of ether oxygens (including phenoxy) is 1. The summed E-state index contributed by atoms with van der Waals surface area (Å²) in [5.41, 5.74) is 4.97. The van der Waals surface area contributed by atoms with Gasteiger partial charge in [0.25, 0.3) is 6.43 Å². The number of anilines is 3. The van der Waals surface area contributed by atoms with Gasteiger partial charge in [-0.05, 0) is 12.3 Å². The van der Waals surface area contributed by atoms with Crippen molar-refractivity contribution in [2.45, 2.75) is 59.3 Å². The van der Waals surface area contributed by atoms with Crippen LogP contribution in [0.25, 0.3) is 11.4 Å². The van der Waals surface area contributed by atoms with Crippen molar-refractivity contribution in [2.75, 3.05) is 68.0 Å². The van der Waals surface area contributed by atoms with Crippen molar-refractivity contribution in [3.63, 3.8) is 0 Å². The summed E-state index contributed by atoms with van der Waals surface area (Å²) in [4.78, 5) is 48.5. The molecule has 226 valence electrons. The second kappa shape index (κ2) is 16.0. The van der Waals surface area contributed by atoms with E-state index >= 15 is 0 Å². The van der Waals surface area contributed by atoms with E-state index < -0.39 is 12.1 Å². The predicted octanol–water partition coefficient (Wildman–Crippen LogP) is 3.15. The molecule has 0 spiro atoms. The van der Waals surface area contributed by atoms with Crippen molar-refractivity contribution in [2.24, 2.45) is 5.92 Å². The maximum atomic E-state index is 13.6. The monoisotopic (exact) mass is 577 g/mol. The lowest BCUT2D eigenvalue weighted by atomic mass is 10.0. The van der Waals surface area contributed by atoms with E-state index in [1.54, 1.807) is 4.90 Å². The third-order valence-electron chi connectivity index (χ3n) is 6.63. The van der Waals surface area contributed by atoms with Crippen LogP contribution < -0.4 is 15.5 Å². The molecule has 2 fully saturated rings. The van der Waals surface area contributed by atoms with Crippen LogP contribution in [0.15, 0.2) is 6.20 Å². The number of alkyl halides is 2. The molecular formula is C27H41F2N9O3. The fourth-order valence-corrected chi connectivity index (χ4v) is 4.43. The normalized spacial score (nSPS) is 15.6. The van der Waals surface area contributed by atoms with E-state index in [-0.39, 0.29) is 17.3 Å². The van der Waals surface area contributed by atoms with E-state index in [9.17, 15) is 18.4 Å². The summed E-state index contributed by atoms with van der Waals surface area (Å²) in [5, 5.41) is 0. The summed E-state index contributed by atoms with van der Waals surface area (Å²) in [6.07, 6.45) is 4.19. The van der Waals surface area contributed by atoms with Gasteiger partial charge < -0.3 is 25.2 Å². The second-order valence-electron chi connectivity index (χ2n) is 10.4. The van der Waals surface area contributed by atoms with Crippen LogP contribution in [-0.4, -0.2) is 94.5 Å². The Kier molecular flexibility index (Phi) is 12.5. The summed E-state index contributed by atoms with van der Waals surface area (Å²) >= 11 is 0. The number of morpholine rings is 1. The molecule has 0 aliphatic carbocycles. The zero-order valence-corrected chi connectivity index (χ0v) is 24.1. The van der Waals surface area contributed by atoms with Gasteiger partial charge in [-0.3, -0.25) is 9.59 Å². The molecule has 0 bridgehead atoms. The Morgan fingerprint density at radius 1 is 1.00 bits per heavy atom. The van der Waals surface area contributed by atoms with E-state index in [0.717, 1.165) is 25.7 Å². The standard InChI is InChI=1S/C17H21F2N9O2.C10H20O/c18-13(19)12-11(9-21-15(20)22-12)14-23-16(27-3-1-26(10-29)2-4-27)25-17(24-14)28-5-7-30-8-6-28;1-4-5-6-7-10(11)8-9(2)3/h9-10,13H,1-8H2,(H2,20,21,22);9H,4-8H2,1-3H3. The van der Waals surface area contributed by atoms with E-state index in [2.05, 4.69) is 45.7 Å². The van der Waals surface area contributed by atoms with Crippen LogP contribution in [0, 0.1) is 5.92 Å². The number of ketones is 1. The zero-order chi connectivity index (χ0) is 29.8. The molecule has 2 aromatic heterocycles. The highest BCUT2D eigenvalue weighted by molar-refractivity contribution is 5.78. The number of carbonyl (C=O) groups is 2. The summed E-state index contributed by atoms with van der Waals surface area (Å²) in [6.45, 7) is 10.6. The van der Waals surface area contributed by atoms with Gasteiger partial charge in [0.05, 0.1) is 18.8 Å². The molecule has 2 aliphatic heterocycles. The van der Waals surface area contributed by atoms with Crippen LogP contribution in [0.5, 0.6) is 0 Å². The number of rotatable bonds is 11. The van der Waals surface area contributed by atoms with E-state index in [4.69, 9.17) is 10.5 Å². The molecule has 2 N–H and O–H groups in total. The van der Waals surface area contributed by atoms with Crippen molar-refractivity contribution >= 4 is 30.0 Å². The predicted molar refractivity (Wildman–Crippen MR) is 152 cm³/mol. The van der Waals surface area contributed by atoms with Gasteiger partial charge in [0, 0.05) is 58.3 Å². The van der Waals surface area contributed by atoms with Crippen molar-refractivity contribution in [3.05, 3.63) is 11.9 Å². The highest BCUT2D eigenvalue weighted by Crippen LogP contribution is 2.29. The molecule has 2 saturated heterocycles. The average molecular weight is 578 g/mol. The summed E-state index contributed by atoms with van der Waals surface area (Å²) in [7, 11) is 0. The number of unbranched alkanes of at least 4 members (excludes halogenated alkanes) is 2. The van der Waals surface area contributed by atoms with Gasteiger partial charge in [-0.2, -0.15) is 15.0 Å². The third-order valence-corrected chi connectivity index (χ3v) is 6.63. The number of nitrogens with zero attached hydrogens (tertiary/aromatic N) is 8. The summed E-state index contributed by atoms with van der Waals surface area (Å²) in [5.74, 6) is 1.49. The highest BCUT2D eigenvalue weighted by atomic mass is 19.3. The zero-order valence-electron chi connectivity index (χ0n) is 24.1. The average Bonchev–Trinajstić information content (AvgIpc) is 2.97. The van der Waals surface area contributed by atoms with Gasteiger partial charge in [0.15, 0.2) is 5.82 Å². The number of nitrogens with two attached hydrogens (primary N) is 1. The van der Waals surface area contributed by atoms with E-state index in [0.29, 0.717) is 76.1 Å². The van der Waals surface area contributed by atoms with Crippen molar-refractivity contribution < 1.29 is 23.1 Å². The quantitative estimate of drug-likeness (QED) is 0.311. The molecule has 4 heterocycles. The minimum Gasteiger partial charge on any atom is -0.378 e. The minimum absolute atomic E-state index is 0.00360. The molecule has 0 radical (unpaired) electrons. The van der Waals surface area contributed by atoms with Crippen LogP contribution in [0.4, 0.5) is 26.6 Å². The largest absolute Gasteiger partial charge is 0.378 e. The maximum Gasteiger partial charge on any atom is 0.281 e. The Bertz CT molecular complexity index is 1130. The first-order valence-electron chi connectivity index (χ1n) is 14.2. The Hall–Kier alpha value is -3.55. The van der Waals surface area contributed by atoms with Gasteiger partial charge in [0.1, 0.15) is 11.5 Å². The molecule has 2 aromatic rings. The number of nitrogen functional groups attached to an aromatic ring is 1. The summed E-state index contributed by atoms with van der Waals surface area (Å²) < 4.78 is 32.6. The van der Waals surface area contributed by atoms with Crippen molar-refractivity contribution in [3.8, 4) is 11.4 Å². The Balaban J connectivity index is 0.000000358. The lowest BCUT2D eigenvalue weighted by molar-refractivity contribution is -0.120. The lowest BCUT2D eigenvalue weighted by Gasteiger charge is -2.33. The molecule has 14 heteroatoms. The smallest absolute Gasteiger partial charge is 0.281 e. The number of carbonyl (C=O) groups excluding carboxylic acids is 2. The van der Waals surface area contributed by atoms with Gasteiger partial charge >= 0.3 is 0 Å². The Morgan fingerprint density at radius 2 is 1.63 bits per heavy atom. The van der Waals surface area contributed by atoms with Gasteiger partial charge in [-0.25, -0.2) is 18.7 Å². The molecule has 4 rings (SSSR count). The molecule has 0 atom stereocenters. The Morgan fingerprint density at radius 3 is 2.20 bits per heavy atom. The fourth-order valence-electron chi connectivity index (χ4n) is 4.43. The molecule has 41 heavy (non-hydrogen) atoms. The van der Waals surface area contributed by atoms with Crippen molar-refractivity contribution in [1.29, 1.82) is 0 Å². The number of hydrogen-bond acceptors (Lipinski definition) is 11. The number of piperazine rings is 1. The lowest BCUT2D eigenvalue weighted by Crippen LogP contribution is -2.46. The SMILES string of the molecule is CCCCCC(=O)CC(C)C.Nc1ncc(-c2nc(N3CCOCC3)nc(N3CCN(C=O)CC3)n2)c(C(F)F)n1. The minimum atomic E-state index is -2.87. The fraction of sp³-hybridized carbons (Fsp3) is 0.667. The topological polar surface area (TPSA) is 144 Å². The van der Waals surface area contributed by atoms with E-state index in [1.807, 2.05) is 9.80 Å². The number of halogens is 2. The first kappa shape index (κ1) is 32.0. The first-order valence-corrected chi connectivity index (χ1v) is 14.2.